The van der Waals surface area contributed by atoms with Crippen molar-refractivity contribution in [1.82, 2.24) is 9.80 Å². The van der Waals surface area contributed by atoms with E-state index in [0.717, 1.165) is 6.54 Å². The largest absolute Gasteiger partial charge is 0.389 e. The second-order valence-electron chi connectivity index (χ2n) is 7.37. The smallest absolute Gasteiger partial charge is 0.225 e. The molecule has 0 radical (unpaired) electrons. The van der Waals surface area contributed by atoms with E-state index in [1.807, 2.05) is 11.0 Å². The number of fused-ring (bicyclic) bond motifs is 1. The molecule has 0 spiro atoms. The van der Waals surface area contributed by atoms with E-state index in [0.29, 0.717) is 56.2 Å². The van der Waals surface area contributed by atoms with E-state index < -0.39 is 5.60 Å². The topological polar surface area (TPSA) is 72.9 Å². The van der Waals surface area contributed by atoms with Crippen molar-refractivity contribution in [2.24, 2.45) is 5.92 Å². The van der Waals surface area contributed by atoms with Gasteiger partial charge in [0, 0.05) is 62.7 Å². The molecule has 0 saturated carbocycles. The number of nitrogens with zero attached hydrogens (tertiary/aromatic N) is 2. The van der Waals surface area contributed by atoms with Crippen molar-refractivity contribution >= 4 is 29.1 Å². The van der Waals surface area contributed by atoms with E-state index in [9.17, 15) is 14.7 Å². The molecule has 3 rings (SSSR count). The predicted molar refractivity (Wildman–Crippen MR) is 101 cm³/mol. The van der Waals surface area contributed by atoms with Crippen LogP contribution in [0.1, 0.15) is 26.2 Å². The highest BCUT2D eigenvalue weighted by molar-refractivity contribution is 6.30. The first-order valence-corrected chi connectivity index (χ1v) is 9.49. The van der Waals surface area contributed by atoms with Crippen LogP contribution in [0.2, 0.25) is 5.02 Å². The maximum Gasteiger partial charge on any atom is 0.225 e. The molecule has 2 fully saturated rings. The third kappa shape index (κ3) is 4.55. The summed E-state index contributed by atoms with van der Waals surface area (Å²) in [4.78, 5) is 27.8. The number of halogens is 1. The summed E-state index contributed by atoms with van der Waals surface area (Å²) in [6.45, 7) is 4.92. The van der Waals surface area contributed by atoms with Gasteiger partial charge in [-0.05, 0) is 31.0 Å². The van der Waals surface area contributed by atoms with E-state index >= 15 is 0 Å². The van der Waals surface area contributed by atoms with Crippen molar-refractivity contribution in [3.8, 4) is 0 Å². The summed E-state index contributed by atoms with van der Waals surface area (Å²) in [7, 11) is 0. The minimum atomic E-state index is -0.675. The van der Waals surface area contributed by atoms with E-state index in [-0.39, 0.29) is 17.7 Å². The van der Waals surface area contributed by atoms with Crippen LogP contribution in [0.4, 0.5) is 5.69 Å². The van der Waals surface area contributed by atoms with Crippen molar-refractivity contribution in [1.29, 1.82) is 0 Å². The Bertz CT molecular complexity index is 684. The fraction of sp³-hybridized carbons (Fsp3) is 0.579. The molecule has 2 saturated heterocycles. The normalized spacial score (nSPS) is 26.3. The molecule has 7 heteroatoms. The molecule has 2 heterocycles. The number of hydrogen-bond donors (Lipinski definition) is 2. The zero-order chi connectivity index (χ0) is 18.7. The molecule has 1 aromatic rings. The molecule has 0 aliphatic carbocycles. The summed E-state index contributed by atoms with van der Waals surface area (Å²) in [5.41, 5.74) is 0.0192. The van der Waals surface area contributed by atoms with Gasteiger partial charge in [-0.25, -0.2) is 0 Å². The number of carbonyl (C=O) groups excluding carboxylic acids is 2. The minimum Gasteiger partial charge on any atom is -0.389 e. The molecule has 2 aliphatic heterocycles. The molecule has 0 aromatic heterocycles. The third-order valence-corrected chi connectivity index (χ3v) is 5.80. The Labute approximate surface area is 159 Å². The van der Waals surface area contributed by atoms with Crippen LogP contribution >= 0.6 is 11.6 Å². The number of nitrogens with one attached hydrogen (secondary N) is 1. The van der Waals surface area contributed by atoms with Gasteiger partial charge in [0.1, 0.15) is 0 Å². The molecule has 2 amide bonds. The number of piperidine rings is 2. The molecule has 2 atom stereocenters. The average Bonchev–Trinajstić information content (AvgIpc) is 2.59. The van der Waals surface area contributed by atoms with Crippen LogP contribution in [0.5, 0.6) is 0 Å². The Morgan fingerprint density at radius 2 is 2.08 bits per heavy atom. The Balaban J connectivity index is 1.50. The summed E-state index contributed by atoms with van der Waals surface area (Å²) in [6, 6.07) is 7.09. The van der Waals surface area contributed by atoms with Crippen LogP contribution in [0, 0.1) is 5.92 Å². The van der Waals surface area contributed by atoms with Gasteiger partial charge in [0.25, 0.3) is 0 Å². The number of carbonyl (C=O) groups is 2. The maximum absolute atomic E-state index is 12.2. The van der Waals surface area contributed by atoms with Gasteiger partial charge in [-0.2, -0.15) is 0 Å². The van der Waals surface area contributed by atoms with Gasteiger partial charge in [0.2, 0.25) is 11.8 Å². The zero-order valence-electron chi connectivity index (χ0n) is 15.1. The first-order chi connectivity index (χ1) is 12.4. The van der Waals surface area contributed by atoms with Crippen molar-refractivity contribution in [2.45, 2.75) is 31.8 Å². The fourth-order valence-corrected chi connectivity index (χ4v) is 4.10. The standard InChI is InChI=1S/C19H26ClN3O3/c1-14(24)23-10-7-19(26)6-9-22(12-15(19)13-23)8-5-18(25)21-17-4-2-3-16(20)11-17/h2-4,11,15,26H,5-10,12-13H2,1H3,(H,21,25)/t15-,19-/m1/s1. The molecular weight excluding hydrogens is 354 g/mol. The first-order valence-electron chi connectivity index (χ1n) is 9.11. The molecule has 6 nitrogen and oxygen atoms in total. The number of benzene rings is 1. The van der Waals surface area contributed by atoms with Crippen molar-refractivity contribution in [3.63, 3.8) is 0 Å². The minimum absolute atomic E-state index is 0.0462. The van der Waals surface area contributed by atoms with Crippen molar-refractivity contribution in [3.05, 3.63) is 29.3 Å². The molecule has 2 N–H and O–H groups in total. The lowest BCUT2D eigenvalue weighted by Crippen LogP contribution is -2.60. The van der Waals surface area contributed by atoms with E-state index in [1.54, 1.807) is 25.1 Å². The summed E-state index contributed by atoms with van der Waals surface area (Å²) in [5.74, 6) is 0.0528. The summed E-state index contributed by atoms with van der Waals surface area (Å²) < 4.78 is 0. The van der Waals surface area contributed by atoms with Gasteiger partial charge < -0.3 is 20.2 Å². The van der Waals surface area contributed by atoms with Gasteiger partial charge in [0.15, 0.2) is 0 Å². The summed E-state index contributed by atoms with van der Waals surface area (Å²) >= 11 is 5.93. The number of rotatable bonds is 4. The van der Waals surface area contributed by atoms with Gasteiger partial charge in [-0.3, -0.25) is 9.59 Å². The Kier molecular flexibility index (Phi) is 5.85. The Morgan fingerprint density at radius 3 is 2.81 bits per heavy atom. The van der Waals surface area contributed by atoms with E-state index in [1.165, 1.54) is 0 Å². The van der Waals surface area contributed by atoms with Crippen LogP contribution in [0.15, 0.2) is 24.3 Å². The van der Waals surface area contributed by atoms with E-state index in [2.05, 4.69) is 10.2 Å². The van der Waals surface area contributed by atoms with Crippen molar-refractivity contribution in [2.75, 3.05) is 38.0 Å². The third-order valence-electron chi connectivity index (χ3n) is 5.56. The van der Waals surface area contributed by atoms with Crippen LogP contribution in [0.3, 0.4) is 0 Å². The molecule has 1 aromatic carbocycles. The second-order valence-corrected chi connectivity index (χ2v) is 7.81. The number of likely N-dealkylation sites (tertiary alicyclic amines) is 2. The van der Waals surface area contributed by atoms with Gasteiger partial charge in [0.05, 0.1) is 5.60 Å². The van der Waals surface area contributed by atoms with Crippen LogP contribution in [-0.2, 0) is 9.59 Å². The fourth-order valence-electron chi connectivity index (χ4n) is 3.91. The summed E-state index contributed by atoms with van der Waals surface area (Å²) in [5, 5.41) is 14.3. The molecule has 142 valence electrons. The Hall–Kier alpha value is -1.63. The average molecular weight is 380 g/mol. The lowest BCUT2D eigenvalue weighted by atomic mass is 9.75. The van der Waals surface area contributed by atoms with Gasteiger partial charge >= 0.3 is 0 Å². The lowest BCUT2D eigenvalue weighted by Gasteiger charge is -2.50. The van der Waals surface area contributed by atoms with Crippen LogP contribution in [-0.4, -0.2) is 65.0 Å². The molecule has 0 bridgehead atoms. The molecule has 0 unspecified atom stereocenters. The zero-order valence-corrected chi connectivity index (χ0v) is 15.8. The molecular formula is C19H26ClN3O3. The monoisotopic (exact) mass is 379 g/mol. The highest BCUT2D eigenvalue weighted by atomic mass is 35.5. The van der Waals surface area contributed by atoms with E-state index in [4.69, 9.17) is 11.6 Å². The number of hydrogen-bond acceptors (Lipinski definition) is 4. The Morgan fingerprint density at radius 1 is 1.31 bits per heavy atom. The molecule has 2 aliphatic rings. The predicted octanol–water partition coefficient (Wildman–Crippen LogP) is 1.97. The van der Waals surface area contributed by atoms with Crippen LogP contribution < -0.4 is 5.32 Å². The maximum atomic E-state index is 12.2. The first kappa shape index (κ1) is 19.1. The SMILES string of the molecule is CC(=O)N1CC[C@]2(O)CCN(CCC(=O)Nc3cccc(Cl)c3)C[C@@H]2C1. The van der Waals surface area contributed by atoms with Gasteiger partial charge in [-0.15, -0.1) is 0 Å². The second kappa shape index (κ2) is 7.94. The van der Waals surface area contributed by atoms with Crippen molar-refractivity contribution < 1.29 is 14.7 Å². The number of aliphatic hydroxyl groups is 1. The highest BCUT2D eigenvalue weighted by Gasteiger charge is 2.45. The molecule has 26 heavy (non-hydrogen) atoms. The number of amides is 2. The van der Waals surface area contributed by atoms with Gasteiger partial charge in [-0.1, -0.05) is 17.7 Å². The number of anilines is 1. The summed E-state index contributed by atoms with van der Waals surface area (Å²) in [6.07, 6.45) is 1.72. The lowest BCUT2D eigenvalue weighted by molar-refractivity contribution is -0.144. The van der Waals surface area contributed by atoms with Crippen LogP contribution in [0.25, 0.3) is 0 Å². The highest BCUT2D eigenvalue weighted by Crippen LogP contribution is 2.35. The quantitative estimate of drug-likeness (QED) is 0.839.